The SMILES string of the molecule is CCOC(=O)Nc1cccc(-c2ccccc2NC(=O)OC)c1. The summed E-state index contributed by atoms with van der Waals surface area (Å²) >= 11 is 0. The predicted molar refractivity (Wildman–Crippen MR) is 88.6 cm³/mol. The van der Waals surface area contributed by atoms with Crippen LogP contribution in [0.1, 0.15) is 6.92 Å². The molecule has 0 aliphatic heterocycles. The lowest BCUT2D eigenvalue weighted by atomic mass is 10.0. The van der Waals surface area contributed by atoms with E-state index >= 15 is 0 Å². The van der Waals surface area contributed by atoms with Crippen molar-refractivity contribution in [2.24, 2.45) is 0 Å². The number of carbonyl (C=O) groups excluding carboxylic acids is 2. The smallest absolute Gasteiger partial charge is 0.411 e. The molecule has 2 N–H and O–H groups in total. The van der Waals surface area contributed by atoms with E-state index in [1.807, 2.05) is 30.3 Å². The molecule has 0 aliphatic carbocycles. The van der Waals surface area contributed by atoms with Crippen LogP contribution >= 0.6 is 0 Å². The molecule has 0 fully saturated rings. The van der Waals surface area contributed by atoms with E-state index in [4.69, 9.17) is 4.74 Å². The highest BCUT2D eigenvalue weighted by Gasteiger charge is 2.09. The molecule has 23 heavy (non-hydrogen) atoms. The Bertz CT molecular complexity index is 700. The number of carbonyl (C=O) groups is 2. The molecule has 0 saturated carbocycles. The van der Waals surface area contributed by atoms with E-state index in [0.29, 0.717) is 18.0 Å². The molecule has 2 aromatic rings. The molecule has 0 spiro atoms. The number of benzene rings is 2. The summed E-state index contributed by atoms with van der Waals surface area (Å²) in [5.41, 5.74) is 2.87. The minimum absolute atomic E-state index is 0.303. The lowest BCUT2D eigenvalue weighted by molar-refractivity contribution is 0.168. The van der Waals surface area contributed by atoms with Gasteiger partial charge in [-0.05, 0) is 30.7 Å². The lowest BCUT2D eigenvalue weighted by Crippen LogP contribution is -2.13. The van der Waals surface area contributed by atoms with Crippen LogP contribution < -0.4 is 10.6 Å². The number of anilines is 2. The van der Waals surface area contributed by atoms with Crippen molar-refractivity contribution in [2.75, 3.05) is 24.4 Å². The fourth-order valence-electron chi connectivity index (χ4n) is 2.05. The molecule has 0 aromatic heterocycles. The quantitative estimate of drug-likeness (QED) is 0.890. The first kappa shape index (κ1) is 16.4. The highest BCUT2D eigenvalue weighted by atomic mass is 16.5. The van der Waals surface area contributed by atoms with Crippen molar-refractivity contribution in [3.8, 4) is 11.1 Å². The van der Waals surface area contributed by atoms with E-state index in [2.05, 4.69) is 15.4 Å². The van der Waals surface area contributed by atoms with Gasteiger partial charge in [-0.2, -0.15) is 0 Å². The molecule has 0 saturated heterocycles. The number of ether oxygens (including phenoxy) is 2. The normalized spacial score (nSPS) is 9.83. The second-order valence-corrected chi connectivity index (χ2v) is 4.59. The molecule has 2 aromatic carbocycles. The summed E-state index contributed by atoms with van der Waals surface area (Å²) in [6, 6.07) is 14.6. The van der Waals surface area contributed by atoms with Gasteiger partial charge in [0.15, 0.2) is 0 Å². The fourth-order valence-corrected chi connectivity index (χ4v) is 2.05. The second-order valence-electron chi connectivity index (χ2n) is 4.59. The Hall–Kier alpha value is -3.02. The largest absolute Gasteiger partial charge is 0.453 e. The molecule has 0 unspecified atom stereocenters. The maximum atomic E-state index is 11.5. The third-order valence-electron chi connectivity index (χ3n) is 3.04. The number of nitrogens with one attached hydrogen (secondary N) is 2. The van der Waals surface area contributed by atoms with Crippen molar-refractivity contribution in [2.45, 2.75) is 6.92 Å². The molecule has 120 valence electrons. The molecular weight excluding hydrogens is 296 g/mol. The summed E-state index contributed by atoms with van der Waals surface area (Å²) in [6.07, 6.45) is -1.05. The molecule has 6 nitrogen and oxygen atoms in total. The predicted octanol–water partition coefficient (Wildman–Crippen LogP) is 4.10. The van der Waals surface area contributed by atoms with E-state index < -0.39 is 12.2 Å². The summed E-state index contributed by atoms with van der Waals surface area (Å²) in [5.74, 6) is 0. The summed E-state index contributed by atoms with van der Waals surface area (Å²) in [5, 5.41) is 5.32. The molecule has 6 heteroatoms. The second kappa shape index (κ2) is 7.84. The number of methoxy groups -OCH3 is 1. The monoisotopic (exact) mass is 314 g/mol. The van der Waals surface area contributed by atoms with E-state index in [9.17, 15) is 9.59 Å². The van der Waals surface area contributed by atoms with Gasteiger partial charge < -0.3 is 9.47 Å². The first-order chi connectivity index (χ1) is 11.1. The maximum absolute atomic E-state index is 11.5. The standard InChI is InChI=1S/C17H18N2O4/c1-3-23-17(21)18-13-8-6-7-12(11-13)14-9-4-5-10-15(14)19-16(20)22-2/h4-11H,3H2,1-2H3,(H,18,21)(H,19,20). The van der Waals surface area contributed by atoms with Crippen LogP contribution in [-0.2, 0) is 9.47 Å². The molecule has 0 aliphatic rings. The van der Waals surface area contributed by atoms with E-state index in [1.54, 1.807) is 25.1 Å². The van der Waals surface area contributed by atoms with Crippen molar-refractivity contribution in [1.29, 1.82) is 0 Å². The van der Waals surface area contributed by atoms with Gasteiger partial charge in [0, 0.05) is 11.3 Å². The van der Waals surface area contributed by atoms with Gasteiger partial charge in [0.1, 0.15) is 0 Å². The van der Waals surface area contributed by atoms with Gasteiger partial charge >= 0.3 is 12.2 Å². The Labute approximate surface area is 134 Å². The van der Waals surface area contributed by atoms with Gasteiger partial charge in [-0.25, -0.2) is 9.59 Å². The number of hydrogen-bond acceptors (Lipinski definition) is 4. The number of hydrogen-bond donors (Lipinski definition) is 2. The van der Waals surface area contributed by atoms with Crippen LogP contribution in [0.15, 0.2) is 48.5 Å². The van der Waals surface area contributed by atoms with Crippen LogP contribution in [0.5, 0.6) is 0 Å². The van der Waals surface area contributed by atoms with Crippen molar-refractivity contribution in [3.63, 3.8) is 0 Å². The zero-order chi connectivity index (χ0) is 16.7. The first-order valence-electron chi connectivity index (χ1n) is 7.12. The molecule has 0 radical (unpaired) electrons. The van der Waals surface area contributed by atoms with Crippen LogP contribution in [-0.4, -0.2) is 25.9 Å². The Morgan fingerprint density at radius 1 is 1.00 bits per heavy atom. The van der Waals surface area contributed by atoms with Crippen LogP contribution in [0, 0.1) is 0 Å². The molecule has 2 amide bonds. The van der Waals surface area contributed by atoms with Crippen LogP contribution in [0.4, 0.5) is 21.0 Å². The summed E-state index contributed by atoms with van der Waals surface area (Å²) in [4.78, 5) is 22.9. The Morgan fingerprint density at radius 3 is 2.52 bits per heavy atom. The van der Waals surface area contributed by atoms with E-state index in [1.165, 1.54) is 7.11 Å². The van der Waals surface area contributed by atoms with E-state index in [0.717, 1.165) is 11.1 Å². The number of amides is 2. The zero-order valence-corrected chi connectivity index (χ0v) is 13.0. The van der Waals surface area contributed by atoms with Crippen LogP contribution in [0.3, 0.4) is 0 Å². The minimum atomic E-state index is -0.543. The Morgan fingerprint density at radius 2 is 1.78 bits per heavy atom. The molecule has 0 atom stereocenters. The third-order valence-corrected chi connectivity index (χ3v) is 3.04. The Balaban J connectivity index is 2.28. The Kier molecular flexibility index (Phi) is 5.57. The van der Waals surface area contributed by atoms with Gasteiger partial charge in [-0.3, -0.25) is 10.6 Å². The average Bonchev–Trinajstić information content (AvgIpc) is 2.55. The highest BCUT2D eigenvalue weighted by molar-refractivity contribution is 5.92. The third kappa shape index (κ3) is 4.47. The van der Waals surface area contributed by atoms with Crippen LogP contribution in [0.25, 0.3) is 11.1 Å². The maximum Gasteiger partial charge on any atom is 0.411 e. The van der Waals surface area contributed by atoms with Crippen LogP contribution in [0.2, 0.25) is 0 Å². The minimum Gasteiger partial charge on any atom is -0.453 e. The molecule has 0 heterocycles. The topological polar surface area (TPSA) is 76.7 Å². The summed E-state index contributed by atoms with van der Waals surface area (Å²) in [7, 11) is 1.31. The van der Waals surface area contributed by atoms with Gasteiger partial charge in [0.05, 0.1) is 19.4 Å². The highest BCUT2D eigenvalue weighted by Crippen LogP contribution is 2.29. The van der Waals surface area contributed by atoms with E-state index in [-0.39, 0.29) is 0 Å². The summed E-state index contributed by atoms with van der Waals surface area (Å²) in [6.45, 7) is 2.04. The first-order valence-corrected chi connectivity index (χ1v) is 7.12. The average molecular weight is 314 g/mol. The number of para-hydroxylation sites is 1. The van der Waals surface area contributed by atoms with Gasteiger partial charge in [0.2, 0.25) is 0 Å². The molecule has 0 bridgehead atoms. The van der Waals surface area contributed by atoms with Crippen molar-refractivity contribution >= 4 is 23.6 Å². The van der Waals surface area contributed by atoms with Crippen molar-refractivity contribution in [1.82, 2.24) is 0 Å². The fraction of sp³-hybridized carbons (Fsp3) is 0.176. The van der Waals surface area contributed by atoms with Gasteiger partial charge in [0.25, 0.3) is 0 Å². The lowest BCUT2D eigenvalue weighted by Gasteiger charge is -2.12. The van der Waals surface area contributed by atoms with Crippen molar-refractivity contribution < 1.29 is 19.1 Å². The van der Waals surface area contributed by atoms with Crippen molar-refractivity contribution in [3.05, 3.63) is 48.5 Å². The zero-order valence-electron chi connectivity index (χ0n) is 13.0. The molecular formula is C17H18N2O4. The summed E-state index contributed by atoms with van der Waals surface area (Å²) < 4.78 is 9.48. The van der Waals surface area contributed by atoms with Gasteiger partial charge in [-0.15, -0.1) is 0 Å². The number of rotatable bonds is 4. The molecule has 2 rings (SSSR count). The van der Waals surface area contributed by atoms with Gasteiger partial charge in [-0.1, -0.05) is 30.3 Å².